The van der Waals surface area contributed by atoms with E-state index in [1.807, 2.05) is 43.7 Å². The zero-order chi connectivity index (χ0) is 18.8. The van der Waals surface area contributed by atoms with E-state index in [1.165, 1.54) is 4.88 Å². The second-order valence-electron chi connectivity index (χ2n) is 6.20. The van der Waals surface area contributed by atoms with E-state index in [2.05, 4.69) is 20.6 Å². The number of carbonyl (C=O) groups excluding carboxylic acids is 1. The lowest BCUT2D eigenvalue weighted by atomic mass is 10.2. The molecule has 0 atom stereocenters. The number of nitrogens with one attached hydrogen (secondary N) is 1. The molecule has 0 radical (unpaired) electrons. The van der Waals surface area contributed by atoms with Crippen molar-refractivity contribution in [1.82, 2.24) is 29.3 Å². The van der Waals surface area contributed by atoms with Gasteiger partial charge in [-0.25, -0.2) is 4.68 Å². The van der Waals surface area contributed by atoms with Crippen molar-refractivity contribution in [2.75, 3.05) is 5.32 Å². The molecule has 1 N–H and O–H groups in total. The number of amides is 1. The van der Waals surface area contributed by atoms with Crippen LogP contribution in [0.5, 0.6) is 0 Å². The lowest BCUT2D eigenvalue weighted by Gasteiger charge is -2.08. The molecule has 9 heteroatoms. The van der Waals surface area contributed by atoms with Crippen LogP contribution in [-0.4, -0.2) is 35.2 Å². The van der Waals surface area contributed by atoms with E-state index in [1.54, 1.807) is 43.8 Å². The van der Waals surface area contributed by atoms with Crippen LogP contribution in [0.15, 0.2) is 48.2 Å². The van der Waals surface area contributed by atoms with Gasteiger partial charge in [-0.05, 0) is 24.4 Å². The monoisotopic (exact) mass is 381 g/mol. The SMILES string of the molecule is Cc1nn(C)cc1-c1ccn(CC(=O)Nc2ccnn2Cc2cccs2)n1. The topological polar surface area (TPSA) is 82.6 Å². The average molecular weight is 381 g/mol. The summed E-state index contributed by atoms with van der Waals surface area (Å²) in [5.74, 6) is 0.518. The molecule has 0 saturated carbocycles. The lowest BCUT2D eigenvalue weighted by molar-refractivity contribution is -0.116. The van der Waals surface area contributed by atoms with E-state index in [4.69, 9.17) is 0 Å². The molecule has 0 spiro atoms. The Bertz CT molecular complexity index is 1060. The predicted octanol–water partition coefficient (Wildman–Crippen LogP) is 2.54. The largest absolute Gasteiger partial charge is 0.309 e. The van der Waals surface area contributed by atoms with Gasteiger partial charge < -0.3 is 5.32 Å². The molecule has 4 aromatic rings. The lowest BCUT2D eigenvalue weighted by Crippen LogP contribution is -2.21. The number of hydrogen-bond donors (Lipinski definition) is 1. The molecule has 138 valence electrons. The number of aryl methyl sites for hydroxylation is 2. The first-order valence-electron chi connectivity index (χ1n) is 8.46. The van der Waals surface area contributed by atoms with Crippen molar-refractivity contribution in [3.63, 3.8) is 0 Å². The third kappa shape index (κ3) is 3.82. The van der Waals surface area contributed by atoms with Crippen molar-refractivity contribution in [3.8, 4) is 11.3 Å². The third-order valence-electron chi connectivity index (χ3n) is 4.11. The zero-order valence-electron chi connectivity index (χ0n) is 15.0. The normalized spacial score (nSPS) is 11.0. The number of carbonyl (C=O) groups is 1. The van der Waals surface area contributed by atoms with E-state index in [0.29, 0.717) is 12.4 Å². The van der Waals surface area contributed by atoms with E-state index in [9.17, 15) is 4.79 Å². The molecule has 0 bridgehead atoms. The van der Waals surface area contributed by atoms with E-state index in [-0.39, 0.29) is 12.5 Å². The second-order valence-corrected chi connectivity index (χ2v) is 7.23. The fraction of sp³-hybridized carbons (Fsp3) is 0.222. The summed E-state index contributed by atoms with van der Waals surface area (Å²) in [5.41, 5.74) is 2.67. The first-order chi connectivity index (χ1) is 13.1. The number of thiophene rings is 1. The highest BCUT2D eigenvalue weighted by molar-refractivity contribution is 7.09. The molecular weight excluding hydrogens is 362 g/mol. The minimum Gasteiger partial charge on any atom is -0.309 e. The van der Waals surface area contributed by atoms with Crippen LogP contribution in [0.4, 0.5) is 5.82 Å². The molecule has 0 aliphatic heterocycles. The number of nitrogens with zero attached hydrogens (tertiary/aromatic N) is 6. The Hall–Kier alpha value is -3.20. The van der Waals surface area contributed by atoms with Gasteiger partial charge in [0.1, 0.15) is 12.4 Å². The summed E-state index contributed by atoms with van der Waals surface area (Å²) >= 11 is 1.66. The Balaban J connectivity index is 1.42. The van der Waals surface area contributed by atoms with Crippen molar-refractivity contribution in [1.29, 1.82) is 0 Å². The Labute approximate surface area is 160 Å². The molecular formula is C18H19N7OS. The van der Waals surface area contributed by atoms with Crippen LogP contribution in [0.2, 0.25) is 0 Å². The second kappa shape index (κ2) is 7.20. The van der Waals surface area contributed by atoms with Gasteiger partial charge >= 0.3 is 0 Å². The third-order valence-corrected chi connectivity index (χ3v) is 4.97. The molecule has 0 aromatic carbocycles. The fourth-order valence-corrected chi connectivity index (χ4v) is 3.57. The maximum Gasteiger partial charge on any atom is 0.247 e. The molecule has 0 fully saturated rings. The minimum atomic E-state index is -0.152. The van der Waals surface area contributed by atoms with Crippen LogP contribution in [0, 0.1) is 6.92 Å². The average Bonchev–Trinajstić information content (AvgIpc) is 3.39. The summed E-state index contributed by atoms with van der Waals surface area (Å²) in [4.78, 5) is 13.6. The van der Waals surface area contributed by atoms with Gasteiger partial charge in [0, 0.05) is 35.9 Å². The molecule has 4 rings (SSSR count). The van der Waals surface area contributed by atoms with Crippen LogP contribution in [0.25, 0.3) is 11.3 Å². The molecule has 8 nitrogen and oxygen atoms in total. The molecule has 27 heavy (non-hydrogen) atoms. The maximum atomic E-state index is 12.4. The van der Waals surface area contributed by atoms with E-state index in [0.717, 1.165) is 17.0 Å². The van der Waals surface area contributed by atoms with E-state index >= 15 is 0 Å². The van der Waals surface area contributed by atoms with Crippen molar-refractivity contribution in [2.45, 2.75) is 20.0 Å². The van der Waals surface area contributed by atoms with Crippen molar-refractivity contribution < 1.29 is 4.79 Å². The van der Waals surface area contributed by atoms with Gasteiger partial charge in [0.25, 0.3) is 0 Å². The first kappa shape index (κ1) is 17.2. The van der Waals surface area contributed by atoms with Gasteiger partial charge in [0.05, 0.1) is 24.1 Å². The standard InChI is InChI=1S/C18H19N7OS/c1-13-15(11-23(2)21-13)16-6-8-24(22-16)12-18(26)20-17-5-7-19-25(17)10-14-4-3-9-27-14/h3-9,11H,10,12H2,1-2H3,(H,20,26). The Kier molecular flexibility index (Phi) is 4.59. The number of rotatable bonds is 6. The number of anilines is 1. The Morgan fingerprint density at radius 2 is 2.15 bits per heavy atom. The molecule has 4 aromatic heterocycles. The predicted molar refractivity (Wildman–Crippen MR) is 103 cm³/mol. The number of hydrogen-bond acceptors (Lipinski definition) is 5. The van der Waals surface area contributed by atoms with Gasteiger partial charge in [0.2, 0.25) is 5.91 Å². The summed E-state index contributed by atoms with van der Waals surface area (Å²) < 4.78 is 5.15. The first-order valence-corrected chi connectivity index (χ1v) is 9.34. The summed E-state index contributed by atoms with van der Waals surface area (Å²) in [6.45, 7) is 2.70. The van der Waals surface area contributed by atoms with E-state index < -0.39 is 0 Å². The van der Waals surface area contributed by atoms with Gasteiger partial charge in [-0.1, -0.05) is 6.07 Å². The van der Waals surface area contributed by atoms with Gasteiger partial charge in [0.15, 0.2) is 0 Å². The minimum absolute atomic E-state index is 0.128. The Morgan fingerprint density at radius 3 is 2.89 bits per heavy atom. The van der Waals surface area contributed by atoms with Crippen LogP contribution in [0.3, 0.4) is 0 Å². The van der Waals surface area contributed by atoms with Crippen LogP contribution in [0.1, 0.15) is 10.6 Å². The maximum absolute atomic E-state index is 12.4. The molecule has 1 amide bonds. The smallest absolute Gasteiger partial charge is 0.247 e. The number of aromatic nitrogens is 6. The molecule has 4 heterocycles. The van der Waals surface area contributed by atoms with Crippen molar-refractivity contribution in [3.05, 3.63) is 58.8 Å². The quantitative estimate of drug-likeness (QED) is 0.556. The molecule has 0 aliphatic rings. The highest BCUT2D eigenvalue weighted by Crippen LogP contribution is 2.20. The Morgan fingerprint density at radius 1 is 1.26 bits per heavy atom. The molecule has 0 saturated heterocycles. The van der Waals surface area contributed by atoms with Crippen LogP contribution >= 0.6 is 11.3 Å². The van der Waals surface area contributed by atoms with Crippen LogP contribution < -0.4 is 5.32 Å². The highest BCUT2D eigenvalue weighted by atomic mass is 32.1. The van der Waals surface area contributed by atoms with Gasteiger partial charge in [-0.15, -0.1) is 11.3 Å². The summed E-state index contributed by atoms with van der Waals surface area (Å²) in [6, 6.07) is 7.72. The summed E-state index contributed by atoms with van der Waals surface area (Å²) in [6.07, 6.45) is 5.40. The van der Waals surface area contributed by atoms with Crippen LogP contribution in [-0.2, 0) is 24.9 Å². The zero-order valence-corrected chi connectivity index (χ0v) is 15.8. The fourth-order valence-electron chi connectivity index (χ4n) is 2.89. The summed E-state index contributed by atoms with van der Waals surface area (Å²) in [5, 5.41) is 18.0. The highest BCUT2D eigenvalue weighted by Gasteiger charge is 2.12. The van der Waals surface area contributed by atoms with Gasteiger partial charge in [-0.2, -0.15) is 15.3 Å². The molecule has 0 unspecified atom stereocenters. The van der Waals surface area contributed by atoms with Gasteiger partial charge in [-0.3, -0.25) is 14.2 Å². The van der Waals surface area contributed by atoms with Crippen molar-refractivity contribution >= 4 is 23.1 Å². The molecule has 0 aliphatic carbocycles. The summed E-state index contributed by atoms with van der Waals surface area (Å²) in [7, 11) is 1.88. The van der Waals surface area contributed by atoms with Crippen molar-refractivity contribution in [2.24, 2.45) is 7.05 Å².